The van der Waals surface area contributed by atoms with Crippen LogP contribution in [-0.2, 0) is 25.2 Å². The van der Waals surface area contributed by atoms with E-state index in [-0.39, 0.29) is 0 Å². The summed E-state index contributed by atoms with van der Waals surface area (Å²) in [5, 5.41) is 7.87. The first-order chi connectivity index (χ1) is 3.63. The molecule has 0 aromatic rings. The summed E-state index contributed by atoms with van der Waals surface area (Å²) in [6.45, 7) is 0. The van der Waals surface area contributed by atoms with Crippen LogP contribution in [0.1, 0.15) is 0 Å². The molecule has 0 aromatic carbocycles. The molecule has 0 spiro atoms. The number of hydrogen-bond acceptors (Lipinski definition) is 3. The number of nitrogens with zero attached hydrogens (tertiary/aromatic N) is 1. The fourth-order valence-electron chi connectivity index (χ4n) is 0.0935. The van der Waals surface area contributed by atoms with Crippen LogP contribution >= 0.6 is 0 Å². The van der Waals surface area contributed by atoms with Gasteiger partial charge in [0.1, 0.15) is 0 Å². The predicted molar refractivity (Wildman–Crippen MR) is 29.3 cm³/mol. The summed E-state index contributed by atoms with van der Waals surface area (Å²) < 4.78 is 0.647. The molecule has 0 saturated carbocycles. The van der Waals surface area contributed by atoms with E-state index in [9.17, 15) is 4.79 Å². The normalized spacial score (nSPS) is 7.50. The fourth-order valence-corrected chi connectivity index (χ4v) is 0.185. The van der Waals surface area contributed by atoms with Gasteiger partial charge in [0.15, 0.2) is 0 Å². The summed E-state index contributed by atoms with van der Waals surface area (Å²) in [4.78, 5) is 9.61. The minimum absolute atomic E-state index is 0.647. The molecule has 8 heavy (non-hydrogen) atoms. The Morgan fingerprint density at radius 3 is 2.50 bits per heavy atom. The van der Waals surface area contributed by atoms with Crippen molar-refractivity contribution in [2.24, 2.45) is 0 Å². The molecule has 0 aliphatic carbocycles. The SMILES string of the molecule is O=C(O)NN[N+](=S)[S-]. The number of carboxylic acid groups (broad SMARTS) is 1. The Labute approximate surface area is 56.3 Å². The molecule has 5 nitrogen and oxygen atoms in total. The van der Waals surface area contributed by atoms with E-state index in [0.29, 0.717) is 3.46 Å². The Bertz CT molecular complexity index is 99.9. The molecular weight excluding hydrogens is 150 g/mol. The van der Waals surface area contributed by atoms with Crippen molar-refractivity contribution in [3.8, 4) is 0 Å². The van der Waals surface area contributed by atoms with Gasteiger partial charge in [0.25, 0.3) is 0 Å². The maximum atomic E-state index is 9.61. The lowest BCUT2D eigenvalue weighted by Crippen LogP contribution is -2.40. The van der Waals surface area contributed by atoms with Gasteiger partial charge in [-0.3, -0.25) is 0 Å². The van der Waals surface area contributed by atoms with Gasteiger partial charge >= 0.3 is 6.09 Å². The maximum Gasteiger partial charge on any atom is 0.427 e. The van der Waals surface area contributed by atoms with Crippen molar-refractivity contribution in [3.63, 3.8) is 0 Å². The van der Waals surface area contributed by atoms with Crippen molar-refractivity contribution in [1.82, 2.24) is 11.0 Å². The van der Waals surface area contributed by atoms with E-state index in [0.717, 1.165) is 0 Å². The minimum atomic E-state index is -1.23. The summed E-state index contributed by atoms with van der Waals surface area (Å²) in [5.41, 5.74) is 3.69. The number of rotatable bonds is 2. The van der Waals surface area contributed by atoms with Crippen molar-refractivity contribution < 1.29 is 13.4 Å². The van der Waals surface area contributed by atoms with E-state index in [1.54, 1.807) is 5.43 Å². The van der Waals surface area contributed by atoms with Crippen LogP contribution in [-0.4, -0.2) is 14.7 Å². The van der Waals surface area contributed by atoms with Gasteiger partial charge in [-0.2, -0.15) is 5.43 Å². The molecule has 0 atom stereocenters. The molecule has 0 radical (unpaired) electrons. The first-order valence-corrected chi connectivity index (χ1v) is 2.25. The molecule has 0 heterocycles. The zero-order valence-corrected chi connectivity index (χ0v) is 5.25. The molecule has 0 saturated heterocycles. The minimum Gasteiger partial charge on any atom is -0.464 e. The second kappa shape index (κ2) is 3.33. The van der Waals surface area contributed by atoms with E-state index < -0.39 is 6.09 Å². The molecule has 0 aliphatic rings. The molecule has 0 fully saturated rings. The zero-order valence-electron chi connectivity index (χ0n) is 3.62. The average Bonchev–Trinajstić information content (AvgIpc) is 1.61. The third-order valence-electron chi connectivity index (χ3n) is 0.254. The van der Waals surface area contributed by atoms with Crippen LogP contribution in [0.25, 0.3) is 0 Å². The number of hydrazine groups is 2. The third kappa shape index (κ3) is 5.31. The molecule has 46 valence electrons. The molecule has 1 amide bonds. The molecule has 3 N–H and O–H groups in total. The average molecular weight is 153 g/mol. The highest BCUT2D eigenvalue weighted by Gasteiger charge is 1.90. The lowest BCUT2D eigenvalue weighted by atomic mass is 11.3. The fraction of sp³-hybridized carbons (Fsp3) is 0. The molecule has 0 unspecified atom stereocenters. The predicted octanol–water partition coefficient (Wildman–Crippen LogP) is -1.12. The topological polar surface area (TPSA) is 64.4 Å². The van der Waals surface area contributed by atoms with Gasteiger partial charge in [0, 0.05) is 0 Å². The van der Waals surface area contributed by atoms with Gasteiger partial charge in [-0.1, -0.05) is 0 Å². The van der Waals surface area contributed by atoms with Gasteiger partial charge < -0.3 is 5.11 Å². The smallest absolute Gasteiger partial charge is 0.427 e. The van der Waals surface area contributed by atoms with Crippen LogP contribution in [0.2, 0.25) is 0 Å². The Morgan fingerprint density at radius 2 is 2.38 bits per heavy atom. The van der Waals surface area contributed by atoms with Gasteiger partial charge in [-0.05, 0) is 25.2 Å². The van der Waals surface area contributed by atoms with Crippen molar-refractivity contribution in [2.75, 3.05) is 0 Å². The highest BCUT2D eigenvalue weighted by molar-refractivity contribution is 7.58. The lowest BCUT2D eigenvalue weighted by molar-refractivity contribution is -0.399. The van der Waals surface area contributed by atoms with Crippen LogP contribution in [0, 0.1) is 0 Å². The molecule has 0 aromatic heterocycles. The van der Waals surface area contributed by atoms with Gasteiger partial charge in [0.05, 0.1) is 0 Å². The summed E-state index contributed by atoms with van der Waals surface area (Å²) in [6.07, 6.45) is -1.23. The first kappa shape index (κ1) is 7.31. The van der Waals surface area contributed by atoms with Crippen molar-refractivity contribution in [2.45, 2.75) is 0 Å². The van der Waals surface area contributed by atoms with Crippen LogP contribution in [0.3, 0.4) is 0 Å². The Morgan fingerprint density at radius 1 is 1.88 bits per heavy atom. The Balaban J connectivity index is 3.18. The van der Waals surface area contributed by atoms with Crippen molar-refractivity contribution >= 4 is 31.3 Å². The molecule has 0 bridgehead atoms. The number of hydrogen-bond donors (Lipinski definition) is 3. The van der Waals surface area contributed by atoms with E-state index in [4.69, 9.17) is 5.11 Å². The van der Waals surface area contributed by atoms with Crippen molar-refractivity contribution in [3.05, 3.63) is 0 Å². The largest absolute Gasteiger partial charge is 0.464 e. The van der Waals surface area contributed by atoms with E-state index >= 15 is 0 Å². The first-order valence-electron chi connectivity index (χ1n) is 1.52. The summed E-state index contributed by atoms with van der Waals surface area (Å²) in [6, 6.07) is 0. The van der Waals surface area contributed by atoms with Crippen LogP contribution in [0.15, 0.2) is 0 Å². The summed E-state index contributed by atoms with van der Waals surface area (Å²) in [7, 11) is 0. The highest BCUT2D eigenvalue weighted by Crippen LogP contribution is 1.52. The monoisotopic (exact) mass is 153 g/mol. The molecular formula is CH3N3O2S2. The van der Waals surface area contributed by atoms with Crippen molar-refractivity contribution in [1.29, 1.82) is 0 Å². The molecule has 0 rings (SSSR count). The van der Waals surface area contributed by atoms with Gasteiger partial charge in [-0.15, -0.1) is 8.99 Å². The van der Waals surface area contributed by atoms with Gasteiger partial charge in [0.2, 0.25) is 0 Å². The van der Waals surface area contributed by atoms with E-state index in [1.807, 2.05) is 5.53 Å². The Kier molecular flexibility index (Phi) is 3.04. The maximum absolute atomic E-state index is 9.61. The number of carbonyl (C=O) groups is 1. The van der Waals surface area contributed by atoms with Crippen LogP contribution in [0.4, 0.5) is 4.79 Å². The Hall–Kier alpha value is -0.690. The zero-order chi connectivity index (χ0) is 6.57. The quantitative estimate of drug-likeness (QED) is 0.266. The van der Waals surface area contributed by atoms with E-state index in [2.05, 4.69) is 25.2 Å². The standard InChI is InChI=1S/CH3N3O2S2/c5-1(6)2-3-4(7)8/h2H,(H,5,6)(H,3,7,8). The second-order valence-electron chi connectivity index (χ2n) is 0.799. The molecule has 0 aliphatic heterocycles. The summed E-state index contributed by atoms with van der Waals surface area (Å²) in [5.74, 6) is 0. The number of amides is 1. The van der Waals surface area contributed by atoms with Crippen LogP contribution < -0.4 is 11.0 Å². The number of nitrogens with one attached hydrogen (secondary N) is 2. The van der Waals surface area contributed by atoms with E-state index in [1.165, 1.54) is 0 Å². The second-order valence-corrected chi connectivity index (χ2v) is 1.76. The highest BCUT2D eigenvalue weighted by atomic mass is 32.2. The summed E-state index contributed by atoms with van der Waals surface area (Å²) >= 11 is 8.42. The third-order valence-corrected chi connectivity index (χ3v) is 0.437. The molecule has 7 heteroatoms. The van der Waals surface area contributed by atoms with Crippen LogP contribution in [0.5, 0.6) is 0 Å². The van der Waals surface area contributed by atoms with Gasteiger partial charge in [-0.25, -0.2) is 4.79 Å². The lowest BCUT2D eigenvalue weighted by Gasteiger charge is -1.97.